The molecule has 6 heteroatoms. The number of carbonyl (C=O) groups is 1. The highest BCUT2D eigenvalue weighted by molar-refractivity contribution is 5.83. The van der Waals surface area contributed by atoms with Gasteiger partial charge < -0.3 is 15.3 Å². The third-order valence-corrected chi connectivity index (χ3v) is 4.07. The molecule has 2 N–H and O–H groups in total. The number of rotatable bonds is 6. The fourth-order valence-electron chi connectivity index (χ4n) is 2.40. The Labute approximate surface area is 146 Å². The Morgan fingerprint density at radius 1 is 1.24 bits per heavy atom. The van der Waals surface area contributed by atoms with Crippen molar-refractivity contribution in [2.24, 2.45) is 5.41 Å². The second-order valence-electron chi connectivity index (χ2n) is 6.51. The molecule has 1 aromatic heterocycles. The Balaban J connectivity index is 2.10. The summed E-state index contributed by atoms with van der Waals surface area (Å²) in [7, 11) is 1.84. The molecular weight excluding hydrogens is 318 g/mol. The highest BCUT2D eigenvalue weighted by Gasteiger charge is 2.29. The number of carboxylic acids is 1. The van der Waals surface area contributed by atoms with E-state index in [-0.39, 0.29) is 6.61 Å². The van der Waals surface area contributed by atoms with Crippen molar-refractivity contribution in [3.63, 3.8) is 0 Å². The second-order valence-corrected chi connectivity index (χ2v) is 6.51. The largest absolute Gasteiger partial charge is 0.481 e. The summed E-state index contributed by atoms with van der Waals surface area (Å²) in [5.41, 5.74) is 2.38. The van der Waals surface area contributed by atoms with E-state index in [4.69, 9.17) is 4.84 Å². The quantitative estimate of drug-likeness (QED) is 0.721. The molecule has 0 bridgehead atoms. The summed E-state index contributed by atoms with van der Waals surface area (Å²) in [5, 5.41) is 12.4. The summed E-state index contributed by atoms with van der Waals surface area (Å²) < 4.78 is 1.62. The number of hydrogen-bond acceptors (Lipinski definition) is 4. The normalized spacial score (nSPS) is 11.5. The van der Waals surface area contributed by atoms with Crippen molar-refractivity contribution in [1.29, 1.82) is 0 Å². The zero-order valence-corrected chi connectivity index (χ0v) is 14.5. The highest BCUT2D eigenvalue weighted by atomic mass is 16.7. The summed E-state index contributed by atoms with van der Waals surface area (Å²) in [6, 6.07) is 15.5. The number of nitrogens with zero attached hydrogens (tertiary/aromatic N) is 2. The Morgan fingerprint density at radius 3 is 2.60 bits per heavy atom. The number of carboxylic acid groups (broad SMARTS) is 1. The van der Waals surface area contributed by atoms with E-state index in [0.717, 1.165) is 22.3 Å². The van der Waals surface area contributed by atoms with Crippen LogP contribution in [0.5, 0.6) is 0 Å². The average molecular weight is 339 g/mol. The van der Waals surface area contributed by atoms with E-state index in [0.29, 0.717) is 5.82 Å². The van der Waals surface area contributed by atoms with E-state index >= 15 is 0 Å². The van der Waals surface area contributed by atoms with Gasteiger partial charge in [-0.3, -0.25) is 4.79 Å². The van der Waals surface area contributed by atoms with Crippen LogP contribution in [0.15, 0.2) is 48.5 Å². The molecule has 0 aliphatic heterocycles. The molecule has 0 unspecified atom stereocenters. The molecule has 1 heterocycles. The minimum atomic E-state index is -1.01. The van der Waals surface area contributed by atoms with Crippen LogP contribution in [0.3, 0.4) is 0 Å². The number of anilines is 1. The van der Waals surface area contributed by atoms with Crippen molar-refractivity contribution in [2.75, 3.05) is 19.0 Å². The van der Waals surface area contributed by atoms with Crippen LogP contribution in [0, 0.1) is 5.41 Å². The van der Waals surface area contributed by atoms with Gasteiger partial charge in [0.2, 0.25) is 0 Å². The number of nitrogens with one attached hydrogen (secondary N) is 1. The Hall–Kier alpha value is -3.02. The third-order valence-electron chi connectivity index (χ3n) is 4.07. The molecule has 130 valence electrons. The van der Waals surface area contributed by atoms with Crippen LogP contribution in [-0.4, -0.2) is 34.4 Å². The van der Waals surface area contributed by atoms with Gasteiger partial charge in [-0.1, -0.05) is 30.3 Å². The van der Waals surface area contributed by atoms with Gasteiger partial charge in [0, 0.05) is 18.3 Å². The molecule has 0 spiro atoms. The van der Waals surface area contributed by atoms with Gasteiger partial charge in [-0.05, 0) is 32.0 Å². The van der Waals surface area contributed by atoms with Gasteiger partial charge in [-0.15, -0.1) is 0 Å². The van der Waals surface area contributed by atoms with Crippen molar-refractivity contribution in [3.8, 4) is 11.4 Å². The summed E-state index contributed by atoms with van der Waals surface area (Å²) in [5.74, 6) is -0.265. The lowest BCUT2D eigenvalue weighted by atomic mass is 9.96. The van der Waals surface area contributed by atoms with Crippen LogP contribution in [0.2, 0.25) is 0 Å². The van der Waals surface area contributed by atoms with Crippen molar-refractivity contribution in [3.05, 3.63) is 48.5 Å². The van der Waals surface area contributed by atoms with E-state index in [2.05, 4.69) is 10.3 Å². The molecule has 0 saturated heterocycles. The van der Waals surface area contributed by atoms with Crippen molar-refractivity contribution in [2.45, 2.75) is 13.8 Å². The van der Waals surface area contributed by atoms with Crippen molar-refractivity contribution in [1.82, 2.24) is 9.71 Å². The van der Waals surface area contributed by atoms with Gasteiger partial charge >= 0.3 is 5.97 Å². The van der Waals surface area contributed by atoms with Crippen molar-refractivity contribution < 1.29 is 14.7 Å². The number of benzene rings is 2. The van der Waals surface area contributed by atoms with E-state index in [1.807, 2.05) is 55.6 Å². The predicted molar refractivity (Wildman–Crippen MR) is 97.6 cm³/mol. The van der Waals surface area contributed by atoms with Crippen molar-refractivity contribution >= 4 is 22.7 Å². The number of imidazole rings is 1. The topological polar surface area (TPSA) is 76.4 Å². The summed E-state index contributed by atoms with van der Waals surface area (Å²) in [6.07, 6.45) is 0. The molecule has 6 nitrogen and oxygen atoms in total. The first-order chi connectivity index (χ1) is 11.9. The zero-order chi connectivity index (χ0) is 18.0. The first-order valence-electron chi connectivity index (χ1n) is 8.05. The Bertz CT molecular complexity index is 901. The molecular formula is C19H21N3O3. The van der Waals surface area contributed by atoms with Crippen LogP contribution in [0.4, 0.5) is 5.69 Å². The fraction of sp³-hybridized carbons (Fsp3) is 0.263. The highest BCUT2D eigenvalue weighted by Crippen LogP contribution is 2.26. The number of fused-ring (bicyclic) bond motifs is 1. The Morgan fingerprint density at radius 2 is 1.96 bits per heavy atom. The molecule has 3 rings (SSSR count). The van der Waals surface area contributed by atoms with Gasteiger partial charge in [0.15, 0.2) is 5.82 Å². The van der Waals surface area contributed by atoms with Gasteiger partial charge in [0.25, 0.3) is 0 Å². The van der Waals surface area contributed by atoms with Gasteiger partial charge in [-0.25, -0.2) is 4.98 Å². The molecule has 0 fully saturated rings. The summed E-state index contributed by atoms with van der Waals surface area (Å²) in [4.78, 5) is 22.0. The monoisotopic (exact) mass is 339 g/mol. The summed E-state index contributed by atoms with van der Waals surface area (Å²) in [6.45, 7) is 3.29. The molecule has 3 aromatic rings. The third kappa shape index (κ3) is 3.28. The number of aliphatic carboxylic acids is 1. The first kappa shape index (κ1) is 16.8. The van der Waals surface area contributed by atoms with E-state index in [9.17, 15) is 9.90 Å². The van der Waals surface area contributed by atoms with Crippen LogP contribution >= 0.6 is 0 Å². The molecule has 0 radical (unpaired) electrons. The van der Waals surface area contributed by atoms with Gasteiger partial charge in [0.05, 0.1) is 10.9 Å². The van der Waals surface area contributed by atoms with Crippen LogP contribution < -0.4 is 10.2 Å². The average Bonchev–Trinajstić information content (AvgIpc) is 2.98. The lowest BCUT2D eigenvalue weighted by Gasteiger charge is -2.20. The second kappa shape index (κ2) is 6.47. The van der Waals surface area contributed by atoms with E-state index < -0.39 is 11.4 Å². The zero-order valence-electron chi connectivity index (χ0n) is 14.5. The molecule has 0 saturated carbocycles. The first-order valence-corrected chi connectivity index (χ1v) is 8.05. The lowest BCUT2D eigenvalue weighted by molar-refractivity contribution is -0.150. The van der Waals surface area contributed by atoms with E-state index in [1.165, 1.54) is 0 Å². The molecule has 25 heavy (non-hydrogen) atoms. The smallest absolute Gasteiger partial charge is 0.312 e. The van der Waals surface area contributed by atoms with Crippen LogP contribution in [0.25, 0.3) is 22.4 Å². The molecule has 0 atom stereocenters. The SMILES string of the molecule is CNc1ccc2nc(-c3ccccc3)n(OCC(C)(C)C(=O)O)c2c1. The lowest BCUT2D eigenvalue weighted by Crippen LogP contribution is -2.33. The van der Waals surface area contributed by atoms with Gasteiger partial charge in [-0.2, -0.15) is 4.73 Å². The van der Waals surface area contributed by atoms with Crippen LogP contribution in [-0.2, 0) is 4.79 Å². The number of hydrogen-bond donors (Lipinski definition) is 2. The predicted octanol–water partition coefficient (Wildman–Crippen LogP) is 3.28. The maximum atomic E-state index is 11.4. The minimum absolute atomic E-state index is 0.0252. The van der Waals surface area contributed by atoms with Gasteiger partial charge in [0.1, 0.15) is 12.1 Å². The maximum absolute atomic E-state index is 11.4. The maximum Gasteiger partial charge on any atom is 0.312 e. The molecule has 0 aliphatic carbocycles. The molecule has 2 aromatic carbocycles. The molecule has 0 aliphatic rings. The summed E-state index contributed by atoms with van der Waals surface area (Å²) >= 11 is 0. The Kier molecular flexibility index (Phi) is 4.35. The van der Waals surface area contributed by atoms with E-state index in [1.54, 1.807) is 18.6 Å². The minimum Gasteiger partial charge on any atom is -0.481 e. The molecule has 0 amide bonds. The van der Waals surface area contributed by atoms with Crippen LogP contribution in [0.1, 0.15) is 13.8 Å². The fourth-order valence-corrected chi connectivity index (χ4v) is 2.40. The standard InChI is InChI=1S/C19H21N3O3/c1-19(2,18(23)24)12-25-22-16-11-14(20-3)9-10-15(16)21-17(22)13-7-5-4-6-8-13/h4-11,20H,12H2,1-3H3,(H,23,24). The number of aromatic nitrogens is 2.